The quantitative estimate of drug-likeness (QED) is 0.494. The second kappa shape index (κ2) is 3.95. The van der Waals surface area contributed by atoms with Crippen LogP contribution in [-0.4, -0.2) is 23.0 Å². The van der Waals surface area contributed by atoms with E-state index in [1.165, 1.54) is 7.11 Å². The first-order valence-corrected chi connectivity index (χ1v) is 4.51. The molecule has 2 N–H and O–H groups in total. The number of H-pyrrole nitrogens is 2. The highest BCUT2D eigenvalue weighted by atomic mass is 16.5. The summed E-state index contributed by atoms with van der Waals surface area (Å²) in [5, 5.41) is 0. The first-order chi connectivity index (χ1) is 7.69. The van der Waals surface area contributed by atoms with E-state index in [0.717, 1.165) is 0 Å². The third-order valence-electron chi connectivity index (χ3n) is 2.01. The summed E-state index contributed by atoms with van der Waals surface area (Å²) in [5.74, 6) is 4.35. The van der Waals surface area contributed by atoms with Crippen LogP contribution >= 0.6 is 0 Å². The molecule has 1 aromatic carbocycles. The van der Waals surface area contributed by atoms with E-state index in [-0.39, 0.29) is 5.69 Å². The third-order valence-corrected chi connectivity index (χ3v) is 2.01. The van der Waals surface area contributed by atoms with E-state index in [1.54, 1.807) is 18.2 Å². The van der Waals surface area contributed by atoms with Gasteiger partial charge in [-0.2, -0.15) is 0 Å². The number of hydrogen-bond acceptors (Lipinski definition) is 3. The van der Waals surface area contributed by atoms with Crippen molar-refractivity contribution in [3.63, 3.8) is 0 Å². The molecule has 0 aliphatic rings. The van der Waals surface area contributed by atoms with Gasteiger partial charge in [-0.05, 0) is 18.2 Å². The molecule has 5 heteroatoms. The second-order valence-electron chi connectivity index (χ2n) is 3.08. The van der Waals surface area contributed by atoms with Gasteiger partial charge in [-0.1, -0.05) is 5.92 Å². The van der Waals surface area contributed by atoms with E-state index in [0.29, 0.717) is 16.6 Å². The molecule has 1 heterocycles. The number of methoxy groups -OCH3 is 1. The fourth-order valence-electron chi connectivity index (χ4n) is 1.28. The van der Waals surface area contributed by atoms with Gasteiger partial charge in [0.25, 0.3) is 0 Å². The van der Waals surface area contributed by atoms with Crippen LogP contribution < -0.4 is 5.69 Å². The van der Waals surface area contributed by atoms with Crippen LogP contribution in [0.25, 0.3) is 11.0 Å². The number of imidazole rings is 1. The van der Waals surface area contributed by atoms with Crippen molar-refractivity contribution in [1.82, 2.24) is 9.97 Å². The molecular formula is C11H8N2O3. The van der Waals surface area contributed by atoms with E-state index in [4.69, 9.17) is 0 Å². The number of nitrogens with one attached hydrogen (secondary N) is 2. The summed E-state index contributed by atoms with van der Waals surface area (Å²) in [5.41, 5.74) is 1.72. The lowest BCUT2D eigenvalue weighted by molar-refractivity contribution is -0.133. The smallest absolute Gasteiger partial charge is 0.384 e. The molecule has 0 bridgehead atoms. The summed E-state index contributed by atoms with van der Waals surface area (Å²) in [7, 11) is 1.27. The Morgan fingerprint density at radius 2 is 2.06 bits per heavy atom. The summed E-state index contributed by atoms with van der Waals surface area (Å²) in [6.45, 7) is 0. The Morgan fingerprint density at radius 3 is 2.81 bits per heavy atom. The van der Waals surface area contributed by atoms with Gasteiger partial charge >= 0.3 is 11.7 Å². The van der Waals surface area contributed by atoms with Gasteiger partial charge in [-0.3, -0.25) is 0 Å². The first-order valence-electron chi connectivity index (χ1n) is 4.51. The molecule has 16 heavy (non-hydrogen) atoms. The van der Waals surface area contributed by atoms with Gasteiger partial charge in [-0.25, -0.2) is 9.59 Å². The number of ether oxygens (including phenoxy) is 1. The summed E-state index contributed by atoms with van der Waals surface area (Å²) in [6, 6.07) is 5.11. The standard InChI is InChI=1S/C11H8N2O3/c1-16-10(14)5-3-7-2-4-8-9(6-7)13-11(15)12-8/h2,4,6H,1H3,(H2,12,13,15). The van der Waals surface area contributed by atoms with E-state index in [1.807, 2.05) is 0 Å². The predicted molar refractivity (Wildman–Crippen MR) is 57.8 cm³/mol. The van der Waals surface area contributed by atoms with Crippen LogP contribution in [0.2, 0.25) is 0 Å². The predicted octanol–water partition coefficient (Wildman–Crippen LogP) is 0.381. The highest BCUT2D eigenvalue weighted by Crippen LogP contribution is 2.08. The lowest BCUT2D eigenvalue weighted by Gasteiger charge is -1.90. The zero-order valence-electron chi connectivity index (χ0n) is 8.46. The number of benzene rings is 1. The van der Waals surface area contributed by atoms with Crippen molar-refractivity contribution < 1.29 is 9.53 Å². The normalized spacial score (nSPS) is 9.56. The third kappa shape index (κ3) is 1.96. The average Bonchev–Trinajstić information content (AvgIpc) is 2.65. The Bertz CT molecular complexity index is 655. The van der Waals surface area contributed by atoms with Gasteiger partial charge < -0.3 is 14.7 Å². The second-order valence-corrected chi connectivity index (χ2v) is 3.08. The van der Waals surface area contributed by atoms with Gasteiger partial charge in [0.2, 0.25) is 0 Å². The molecule has 5 nitrogen and oxygen atoms in total. The van der Waals surface area contributed by atoms with Gasteiger partial charge in [0.15, 0.2) is 0 Å². The Hall–Kier alpha value is -2.48. The summed E-state index contributed by atoms with van der Waals surface area (Å²) < 4.78 is 4.39. The Morgan fingerprint density at radius 1 is 1.31 bits per heavy atom. The molecule has 0 amide bonds. The van der Waals surface area contributed by atoms with Gasteiger partial charge in [0, 0.05) is 11.5 Å². The molecule has 2 rings (SSSR count). The van der Waals surface area contributed by atoms with Crippen LogP contribution in [0.5, 0.6) is 0 Å². The number of rotatable bonds is 0. The SMILES string of the molecule is COC(=O)C#Cc1ccc2[nH]c(=O)[nH]c2c1. The lowest BCUT2D eigenvalue weighted by Crippen LogP contribution is -1.99. The number of esters is 1. The lowest BCUT2D eigenvalue weighted by atomic mass is 10.2. The molecule has 0 atom stereocenters. The molecule has 0 saturated carbocycles. The Kier molecular flexibility index (Phi) is 2.48. The first kappa shape index (κ1) is 10.1. The number of fused-ring (bicyclic) bond motifs is 1. The minimum absolute atomic E-state index is 0.270. The van der Waals surface area contributed by atoms with Crippen LogP contribution in [0.15, 0.2) is 23.0 Å². The molecule has 0 unspecified atom stereocenters. The number of hydrogen-bond donors (Lipinski definition) is 2. The van der Waals surface area contributed by atoms with Gasteiger partial charge in [0.05, 0.1) is 18.1 Å². The van der Waals surface area contributed by atoms with E-state index >= 15 is 0 Å². The van der Waals surface area contributed by atoms with Crippen LogP contribution in [0.4, 0.5) is 0 Å². The highest BCUT2D eigenvalue weighted by molar-refractivity contribution is 5.89. The minimum Gasteiger partial charge on any atom is -0.459 e. The monoisotopic (exact) mass is 216 g/mol. The number of carbonyl (C=O) groups excluding carboxylic acids is 1. The van der Waals surface area contributed by atoms with Crippen molar-refractivity contribution in [1.29, 1.82) is 0 Å². The van der Waals surface area contributed by atoms with Crippen LogP contribution in [-0.2, 0) is 9.53 Å². The van der Waals surface area contributed by atoms with Gasteiger partial charge in [0.1, 0.15) is 0 Å². The summed E-state index contributed by atoms with van der Waals surface area (Å²) in [6.07, 6.45) is 0. The number of carbonyl (C=O) groups is 1. The molecule has 2 aromatic rings. The topological polar surface area (TPSA) is 75.0 Å². The van der Waals surface area contributed by atoms with E-state index in [9.17, 15) is 9.59 Å². The van der Waals surface area contributed by atoms with E-state index < -0.39 is 5.97 Å². The minimum atomic E-state index is -0.595. The molecule has 0 aliphatic heterocycles. The molecule has 0 fully saturated rings. The maximum atomic E-state index is 11.0. The fourth-order valence-corrected chi connectivity index (χ4v) is 1.28. The summed E-state index contributed by atoms with van der Waals surface area (Å²) in [4.78, 5) is 27.0. The molecule has 0 radical (unpaired) electrons. The summed E-state index contributed by atoms with van der Waals surface area (Å²) >= 11 is 0. The highest BCUT2D eigenvalue weighted by Gasteiger charge is 1.98. The molecule has 80 valence electrons. The number of aromatic amines is 2. The Labute approximate surface area is 90.4 Å². The molecular weight excluding hydrogens is 208 g/mol. The molecule has 1 aromatic heterocycles. The number of aromatic nitrogens is 2. The van der Waals surface area contributed by atoms with Crippen molar-refractivity contribution in [3.8, 4) is 11.8 Å². The average molecular weight is 216 g/mol. The molecule has 0 spiro atoms. The zero-order valence-corrected chi connectivity index (χ0v) is 8.46. The fraction of sp³-hybridized carbons (Fsp3) is 0.0909. The van der Waals surface area contributed by atoms with E-state index in [2.05, 4.69) is 26.5 Å². The van der Waals surface area contributed by atoms with Crippen molar-refractivity contribution >= 4 is 17.0 Å². The molecule has 0 aliphatic carbocycles. The van der Waals surface area contributed by atoms with Crippen molar-refractivity contribution in [2.24, 2.45) is 0 Å². The maximum absolute atomic E-state index is 11.0. The Balaban J connectivity index is 2.42. The van der Waals surface area contributed by atoms with Gasteiger partial charge in [-0.15, -0.1) is 0 Å². The zero-order chi connectivity index (χ0) is 11.5. The maximum Gasteiger partial charge on any atom is 0.384 e. The van der Waals surface area contributed by atoms with Crippen LogP contribution in [0, 0.1) is 11.8 Å². The van der Waals surface area contributed by atoms with Crippen molar-refractivity contribution in [3.05, 3.63) is 34.2 Å². The molecule has 0 saturated heterocycles. The largest absolute Gasteiger partial charge is 0.459 e. The van der Waals surface area contributed by atoms with Crippen LogP contribution in [0.1, 0.15) is 5.56 Å². The van der Waals surface area contributed by atoms with Crippen LogP contribution in [0.3, 0.4) is 0 Å². The van der Waals surface area contributed by atoms with Crippen molar-refractivity contribution in [2.75, 3.05) is 7.11 Å². The van der Waals surface area contributed by atoms with Crippen molar-refractivity contribution in [2.45, 2.75) is 0 Å².